The van der Waals surface area contributed by atoms with Crippen molar-refractivity contribution in [1.82, 2.24) is 29.9 Å². The fourth-order valence-electron chi connectivity index (χ4n) is 3.65. The Bertz CT molecular complexity index is 1180. The van der Waals surface area contributed by atoms with Crippen LogP contribution in [0.5, 0.6) is 0 Å². The molecule has 12 heteroatoms. The van der Waals surface area contributed by atoms with Gasteiger partial charge in [0.1, 0.15) is 11.3 Å². The number of hydrogen-bond donors (Lipinski definition) is 2. The fraction of sp³-hybridized carbons (Fsp3) is 0.364. The van der Waals surface area contributed by atoms with Gasteiger partial charge in [0.2, 0.25) is 0 Å². The van der Waals surface area contributed by atoms with E-state index in [0.29, 0.717) is 34.4 Å². The molecular formula is C22H25ClN8O3. The van der Waals surface area contributed by atoms with E-state index in [2.05, 4.69) is 37.8 Å². The molecule has 2 atom stereocenters. The molecule has 3 amide bonds. The first kappa shape index (κ1) is 23.4. The molecule has 178 valence electrons. The number of aromatic nitrogens is 5. The summed E-state index contributed by atoms with van der Waals surface area (Å²) in [5, 5.41) is 13.9. The summed E-state index contributed by atoms with van der Waals surface area (Å²) in [6.45, 7) is 5.31. The molecule has 0 spiro atoms. The third-order valence-electron chi connectivity index (χ3n) is 5.53. The van der Waals surface area contributed by atoms with Crippen LogP contribution in [0.4, 0.5) is 21.1 Å². The Morgan fingerprint density at radius 2 is 2.06 bits per heavy atom. The standard InChI is InChI=1S/C22H25ClN8O3/c1-13-8-10-31(12-13)21(32)26-15-6-7-17(25-11-15)18-20(30(3)29-28-18)27-22(33)34-14(2)16-5-4-9-24-19(16)23/h4-7,9,11,13-14H,8,10,12H2,1-3H3,(H,26,32)(H,27,33)/t13-,14-/m1/s1. The lowest BCUT2D eigenvalue weighted by Crippen LogP contribution is -2.32. The highest BCUT2D eigenvalue weighted by Crippen LogP contribution is 2.27. The van der Waals surface area contributed by atoms with Crippen molar-refractivity contribution in [2.24, 2.45) is 13.0 Å². The monoisotopic (exact) mass is 484 g/mol. The second-order valence-electron chi connectivity index (χ2n) is 8.17. The zero-order valence-electron chi connectivity index (χ0n) is 19.0. The van der Waals surface area contributed by atoms with Crippen molar-refractivity contribution in [2.45, 2.75) is 26.4 Å². The average molecular weight is 485 g/mol. The van der Waals surface area contributed by atoms with Crippen molar-refractivity contribution in [3.05, 3.63) is 47.4 Å². The van der Waals surface area contributed by atoms with Gasteiger partial charge in [-0.2, -0.15) is 0 Å². The van der Waals surface area contributed by atoms with Gasteiger partial charge in [-0.1, -0.05) is 29.8 Å². The number of likely N-dealkylation sites (tertiary alicyclic amines) is 1. The summed E-state index contributed by atoms with van der Waals surface area (Å²) < 4.78 is 6.85. The van der Waals surface area contributed by atoms with Crippen molar-refractivity contribution in [1.29, 1.82) is 0 Å². The largest absolute Gasteiger partial charge is 0.441 e. The maximum Gasteiger partial charge on any atom is 0.413 e. The summed E-state index contributed by atoms with van der Waals surface area (Å²) in [5.74, 6) is 0.815. The molecule has 3 aromatic rings. The number of aryl methyl sites for hydroxylation is 1. The highest BCUT2D eigenvalue weighted by Gasteiger charge is 2.24. The van der Waals surface area contributed by atoms with E-state index in [1.165, 1.54) is 10.9 Å². The predicted octanol–water partition coefficient (Wildman–Crippen LogP) is 4.11. The molecular weight excluding hydrogens is 460 g/mol. The first-order valence-corrected chi connectivity index (χ1v) is 11.2. The van der Waals surface area contributed by atoms with Gasteiger partial charge in [0, 0.05) is 31.9 Å². The first-order chi connectivity index (χ1) is 16.3. The highest BCUT2D eigenvalue weighted by atomic mass is 35.5. The Balaban J connectivity index is 1.42. The van der Waals surface area contributed by atoms with E-state index in [9.17, 15) is 9.59 Å². The maximum absolute atomic E-state index is 12.5. The van der Waals surface area contributed by atoms with Crippen LogP contribution in [0, 0.1) is 5.92 Å². The van der Waals surface area contributed by atoms with E-state index < -0.39 is 12.2 Å². The second-order valence-corrected chi connectivity index (χ2v) is 8.53. The van der Waals surface area contributed by atoms with Crippen LogP contribution >= 0.6 is 11.6 Å². The molecule has 0 radical (unpaired) electrons. The Morgan fingerprint density at radius 3 is 2.74 bits per heavy atom. The number of nitrogens with one attached hydrogen (secondary N) is 2. The Kier molecular flexibility index (Phi) is 6.92. The summed E-state index contributed by atoms with van der Waals surface area (Å²) >= 11 is 6.08. The van der Waals surface area contributed by atoms with Crippen molar-refractivity contribution in [2.75, 3.05) is 23.7 Å². The van der Waals surface area contributed by atoms with Crippen LogP contribution in [0.2, 0.25) is 5.15 Å². The van der Waals surface area contributed by atoms with E-state index in [0.717, 1.165) is 19.5 Å². The minimum Gasteiger partial charge on any atom is -0.441 e. The number of pyridine rings is 2. The Morgan fingerprint density at radius 1 is 1.24 bits per heavy atom. The predicted molar refractivity (Wildman–Crippen MR) is 126 cm³/mol. The minimum atomic E-state index is -0.706. The van der Waals surface area contributed by atoms with E-state index in [-0.39, 0.29) is 11.2 Å². The van der Waals surface area contributed by atoms with Crippen molar-refractivity contribution in [3.8, 4) is 11.4 Å². The van der Waals surface area contributed by atoms with Gasteiger partial charge in [0.25, 0.3) is 0 Å². The number of hydrogen-bond acceptors (Lipinski definition) is 7. The minimum absolute atomic E-state index is 0.147. The van der Waals surface area contributed by atoms with Crippen molar-refractivity contribution < 1.29 is 14.3 Å². The van der Waals surface area contributed by atoms with Gasteiger partial charge in [-0.25, -0.2) is 19.3 Å². The second kappa shape index (κ2) is 10.0. The summed E-state index contributed by atoms with van der Waals surface area (Å²) in [5.41, 5.74) is 1.98. The van der Waals surface area contributed by atoms with Crippen LogP contribution in [0.25, 0.3) is 11.4 Å². The number of rotatable bonds is 5. The van der Waals surface area contributed by atoms with E-state index in [1.807, 2.05) is 0 Å². The van der Waals surface area contributed by atoms with Crippen LogP contribution < -0.4 is 10.6 Å². The number of anilines is 2. The summed E-state index contributed by atoms with van der Waals surface area (Å²) in [6.07, 6.45) is 2.77. The molecule has 4 heterocycles. The molecule has 0 aromatic carbocycles. The van der Waals surface area contributed by atoms with Crippen LogP contribution in [-0.4, -0.2) is 55.1 Å². The molecule has 1 aliphatic rings. The molecule has 0 bridgehead atoms. The lowest BCUT2D eigenvalue weighted by molar-refractivity contribution is 0.121. The number of carbonyl (C=O) groups is 2. The number of ether oxygens (including phenoxy) is 1. The lowest BCUT2D eigenvalue weighted by atomic mass is 10.2. The van der Waals surface area contributed by atoms with Gasteiger partial charge < -0.3 is 15.0 Å². The Labute approximate surface area is 201 Å². The third-order valence-corrected chi connectivity index (χ3v) is 5.84. The summed E-state index contributed by atoms with van der Waals surface area (Å²) in [4.78, 5) is 35.1. The van der Waals surface area contributed by atoms with Gasteiger partial charge >= 0.3 is 12.1 Å². The van der Waals surface area contributed by atoms with Gasteiger partial charge in [-0.05, 0) is 37.5 Å². The van der Waals surface area contributed by atoms with Gasteiger partial charge in [-0.15, -0.1) is 5.10 Å². The fourth-order valence-corrected chi connectivity index (χ4v) is 3.92. The molecule has 3 aromatic heterocycles. The molecule has 2 N–H and O–H groups in total. The molecule has 0 unspecified atom stereocenters. The quantitative estimate of drug-likeness (QED) is 0.521. The normalized spacial score (nSPS) is 16.2. The number of urea groups is 1. The average Bonchev–Trinajstić information content (AvgIpc) is 3.40. The molecule has 1 aliphatic heterocycles. The number of halogens is 1. The number of carbonyl (C=O) groups excluding carboxylic acids is 2. The van der Waals surface area contributed by atoms with Crippen LogP contribution in [0.3, 0.4) is 0 Å². The summed E-state index contributed by atoms with van der Waals surface area (Å²) in [7, 11) is 1.64. The first-order valence-electron chi connectivity index (χ1n) is 10.8. The SMILES string of the molecule is C[C@@H]1CCN(C(=O)Nc2ccc(-c3nnn(C)c3NC(=O)O[C@H](C)c3cccnc3Cl)nc2)C1. The van der Waals surface area contributed by atoms with Crippen LogP contribution in [0.15, 0.2) is 36.7 Å². The Hall–Kier alpha value is -3.73. The lowest BCUT2D eigenvalue weighted by Gasteiger charge is -2.16. The number of nitrogens with zero attached hydrogens (tertiary/aromatic N) is 6. The number of amides is 3. The molecule has 4 rings (SSSR count). The van der Waals surface area contributed by atoms with Gasteiger partial charge in [0.15, 0.2) is 11.5 Å². The molecule has 1 fully saturated rings. The van der Waals surface area contributed by atoms with E-state index in [1.54, 1.807) is 49.3 Å². The molecule has 11 nitrogen and oxygen atoms in total. The van der Waals surface area contributed by atoms with Gasteiger partial charge in [-0.3, -0.25) is 10.3 Å². The maximum atomic E-state index is 12.5. The van der Waals surface area contributed by atoms with Gasteiger partial charge in [0.05, 0.1) is 17.6 Å². The highest BCUT2D eigenvalue weighted by molar-refractivity contribution is 6.30. The van der Waals surface area contributed by atoms with E-state index >= 15 is 0 Å². The van der Waals surface area contributed by atoms with E-state index in [4.69, 9.17) is 16.3 Å². The van der Waals surface area contributed by atoms with Crippen LogP contribution in [-0.2, 0) is 11.8 Å². The molecule has 0 aliphatic carbocycles. The third kappa shape index (κ3) is 5.25. The summed E-state index contributed by atoms with van der Waals surface area (Å²) in [6, 6.07) is 6.72. The van der Waals surface area contributed by atoms with Crippen molar-refractivity contribution >= 4 is 35.2 Å². The molecule has 1 saturated heterocycles. The zero-order valence-corrected chi connectivity index (χ0v) is 19.8. The zero-order chi connectivity index (χ0) is 24.2. The molecule has 0 saturated carbocycles. The molecule has 34 heavy (non-hydrogen) atoms. The smallest absolute Gasteiger partial charge is 0.413 e. The topological polar surface area (TPSA) is 127 Å². The van der Waals surface area contributed by atoms with Crippen LogP contribution in [0.1, 0.15) is 31.9 Å². The van der Waals surface area contributed by atoms with Crippen molar-refractivity contribution in [3.63, 3.8) is 0 Å².